The molecule has 1 N–H and O–H groups in total. The Labute approximate surface area is 147 Å². The third-order valence-electron chi connectivity index (χ3n) is 4.50. The summed E-state index contributed by atoms with van der Waals surface area (Å²) in [5.41, 5.74) is 3.21. The number of aryl methyl sites for hydroxylation is 1. The van der Waals surface area contributed by atoms with Gasteiger partial charge in [-0.15, -0.1) is 0 Å². The molecular weight excluding hydrogens is 314 g/mol. The third kappa shape index (κ3) is 3.52. The molecule has 0 spiro atoms. The Morgan fingerprint density at radius 3 is 3.00 bits per heavy atom. The summed E-state index contributed by atoms with van der Waals surface area (Å²) in [5.74, 6) is 0.853. The van der Waals surface area contributed by atoms with E-state index in [2.05, 4.69) is 47.7 Å². The van der Waals surface area contributed by atoms with Gasteiger partial charge in [-0.3, -0.25) is 4.98 Å². The predicted octanol–water partition coefficient (Wildman–Crippen LogP) is 3.00. The van der Waals surface area contributed by atoms with Gasteiger partial charge in [0.1, 0.15) is 18.5 Å². The lowest BCUT2D eigenvalue weighted by molar-refractivity contribution is -0.0468. The number of rotatable bonds is 4. The van der Waals surface area contributed by atoms with Gasteiger partial charge in [0.15, 0.2) is 0 Å². The second-order valence-corrected chi connectivity index (χ2v) is 6.65. The highest BCUT2D eigenvalue weighted by atomic mass is 16.5. The molecule has 0 bridgehead atoms. The van der Waals surface area contributed by atoms with Crippen LogP contribution in [0.15, 0.2) is 48.9 Å². The van der Waals surface area contributed by atoms with E-state index in [0.29, 0.717) is 6.61 Å². The Morgan fingerprint density at radius 1 is 1.28 bits per heavy atom. The average Bonchev–Trinajstić information content (AvgIpc) is 3.06. The van der Waals surface area contributed by atoms with Crippen LogP contribution in [0.4, 0.5) is 0 Å². The predicted molar refractivity (Wildman–Crippen MR) is 98.8 cm³/mol. The summed E-state index contributed by atoms with van der Waals surface area (Å²) in [6.45, 7) is 4.32. The Morgan fingerprint density at radius 2 is 2.20 bits per heavy atom. The summed E-state index contributed by atoms with van der Waals surface area (Å²) in [6.07, 6.45) is 6.24. The fraction of sp³-hybridized carbons (Fsp3) is 0.350. The Hall–Kier alpha value is -2.37. The van der Waals surface area contributed by atoms with Crippen molar-refractivity contribution in [3.63, 3.8) is 0 Å². The third-order valence-corrected chi connectivity index (χ3v) is 4.50. The standard InChI is InChI=1S/C20H23N3O2/c1-14-10-21-11-17(25-14)13-24-20-9-16(15-5-7-23(2)12-15)8-19-18(20)4-3-6-22-19/h3-9,12,14,17,21H,10-11,13H2,1-2H3/t14-,17+/m1/s1. The van der Waals surface area contributed by atoms with Gasteiger partial charge in [0.05, 0.1) is 11.6 Å². The van der Waals surface area contributed by atoms with Crippen LogP contribution in [0, 0.1) is 0 Å². The topological polar surface area (TPSA) is 48.3 Å². The van der Waals surface area contributed by atoms with Crippen molar-refractivity contribution in [1.82, 2.24) is 14.9 Å². The largest absolute Gasteiger partial charge is 0.490 e. The van der Waals surface area contributed by atoms with Gasteiger partial charge in [-0.25, -0.2) is 0 Å². The molecule has 1 aromatic carbocycles. The number of hydrogen-bond acceptors (Lipinski definition) is 4. The highest BCUT2D eigenvalue weighted by Crippen LogP contribution is 2.32. The minimum absolute atomic E-state index is 0.0656. The van der Waals surface area contributed by atoms with Crippen molar-refractivity contribution in [2.24, 2.45) is 7.05 Å². The number of benzene rings is 1. The van der Waals surface area contributed by atoms with Gasteiger partial charge in [-0.1, -0.05) is 0 Å². The van der Waals surface area contributed by atoms with Crippen LogP contribution in [-0.4, -0.2) is 41.5 Å². The molecule has 1 aliphatic rings. The maximum atomic E-state index is 6.16. The van der Waals surface area contributed by atoms with Gasteiger partial charge >= 0.3 is 0 Å². The molecule has 3 heterocycles. The Kier molecular flexibility index (Phi) is 4.42. The minimum Gasteiger partial charge on any atom is -0.490 e. The van der Waals surface area contributed by atoms with Gasteiger partial charge in [0.2, 0.25) is 0 Å². The molecule has 2 atom stereocenters. The van der Waals surface area contributed by atoms with Crippen LogP contribution >= 0.6 is 0 Å². The smallest absolute Gasteiger partial charge is 0.129 e. The van der Waals surface area contributed by atoms with Crippen molar-refractivity contribution in [1.29, 1.82) is 0 Å². The number of fused-ring (bicyclic) bond motifs is 1. The summed E-state index contributed by atoms with van der Waals surface area (Å²) >= 11 is 0. The fourth-order valence-corrected chi connectivity index (χ4v) is 3.26. The normalized spacial score (nSPS) is 20.7. The molecule has 5 heteroatoms. The van der Waals surface area contributed by atoms with Crippen LogP contribution in [0.25, 0.3) is 22.0 Å². The van der Waals surface area contributed by atoms with Crippen LogP contribution in [0.5, 0.6) is 5.75 Å². The quantitative estimate of drug-likeness (QED) is 0.795. The monoisotopic (exact) mass is 337 g/mol. The maximum Gasteiger partial charge on any atom is 0.129 e. The van der Waals surface area contributed by atoms with Gasteiger partial charge < -0.3 is 19.4 Å². The van der Waals surface area contributed by atoms with E-state index in [-0.39, 0.29) is 12.2 Å². The number of aromatic nitrogens is 2. The molecule has 25 heavy (non-hydrogen) atoms. The Bertz CT molecular complexity index is 874. The van der Waals surface area contributed by atoms with E-state index in [1.54, 1.807) is 0 Å². The first-order valence-corrected chi connectivity index (χ1v) is 8.69. The molecule has 130 valence electrons. The lowest BCUT2D eigenvalue weighted by Crippen LogP contribution is -2.45. The second-order valence-electron chi connectivity index (χ2n) is 6.65. The summed E-state index contributed by atoms with van der Waals surface area (Å²) in [5, 5.41) is 4.40. The first-order chi connectivity index (χ1) is 12.2. The summed E-state index contributed by atoms with van der Waals surface area (Å²) in [4.78, 5) is 4.51. The zero-order valence-corrected chi connectivity index (χ0v) is 14.6. The zero-order chi connectivity index (χ0) is 17.2. The van der Waals surface area contributed by atoms with Crippen LogP contribution in [0.3, 0.4) is 0 Å². The summed E-state index contributed by atoms with van der Waals surface area (Å²) < 4.78 is 14.1. The number of hydrogen-bond donors (Lipinski definition) is 1. The number of ether oxygens (including phenoxy) is 2. The molecule has 0 amide bonds. The molecule has 0 unspecified atom stereocenters. The van der Waals surface area contributed by atoms with E-state index in [9.17, 15) is 0 Å². The number of nitrogens with zero attached hydrogens (tertiary/aromatic N) is 2. The molecule has 1 aliphatic heterocycles. The second kappa shape index (κ2) is 6.86. The summed E-state index contributed by atoms with van der Waals surface area (Å²) in [7, 11) is 2.02. The van der Waals surface area contributed by atoms with E-state index in [0.717, 1.165) is 40.9 Å². The molecular formula is C20H23N3O2. The fourth-order valence-electron chi connectivity index (χ4n) is 3.26. The molecule has 0 aliphatic carbocycles. The number of pyridine rings is 1. The lowest BCUT2D eigenvalue weighted by Gasteiger charge is -2.28. The van der Waals surface area contributed by atoms with Gasteiger partial charge in [0.25, 0.3) is 0 Å². The van der Waals surface area contributed by atoms with Gasteiger partial charge in [-0.2, -0.15) is 0 Å². The molecule has 0 saturated carbocycles. The average molecular weight is 337 g/mol. The number of nitrogens with one attached hydrogen (secondary N) is 1. The van der Waals surface area contributed by atoms with E-state index in [1.165, 1.54) is 0 Å². The van der Waals surface area contributed by atoms with Crippen LogP contribution in [0.2, 0.25) is 0 Å². The van der Waals surface area contributed by atoms with Crippen LogP contribution < -0.4 is 10.1 Å². The molecule has 3 aromatic rings. The van der Waals surface area contributed by atoms with E-state index in [1.807, 2.05) is 30.1 Å². The van der Waals surface area contributed by atoms with E-state index in [4.69, 9.17) is 9.47 Å². The summed E-state index contributed by atoms with van der Waals surface area (Å²) in [6, 6.07) is 10.3. The first-order valence-electron chi connectivity index (χ1n) is 8.69. The molecule has 5 nitrogen and oxygen atoms in total. The number of morpholine rings is 1. The lowest BCUT2D eigenvalue weighted by atomic mass is 10.1. The molecule has 1 fully saturated rings. The molecule has 1 saturated heterocycles. The van der Waals surface area contributed by atoms with Crippen molar-refractivity contribution >= 4 is 10.9 Å². The highest BCUT2D eigenvalue weighted by molar-refractivity contribution is 5.89. The Balaban J connectivity index is 1.64. The van der Waals surface area contributed by atoms with Gasteiger partial charge in [-0.05, 0) is 48.4 Å². The van der Waals surface area contributed by atoms with E-state index >= 15 is 0 Å². The highest BCUT2D eigenvalue weighted by Gasteiger charge is 2.20. The van der Waals surface area contributed by atoms with Crippen LogP contribution in [-0.2, 0) is 11.8 Å². The van der Waals surface area contributed by atoms with Crippen molar-refractivity contribution in [2.75, 3.05) is 19.7 Å². The molecule has 2 aromatic heterocycles. The van der Waals surface area contributed by atoms with E-state index < -0.39 is 0 Å². The molecule has 0 radical (unpaired) electrons. The SMILES string of the molecule is C[C@@H]1CNC[C@@H](COc2cc(-c3ccn(C)c3)cc3ncccc23)O1. The van der Waals surface area contributed by atoms with Crippen molar-refractivity contribution in [2.45, 2.75) is 19.1 Å². The first kappa shape index (κ1) is 16.1. The zero-order valence-electron chi connectivity index (χ0n) is 14.6. The van der Waals surface area contributed by atoms with Crippen molar-refractivity contribution in [3.8, 4) is 16.9 Å². The van der Waals surface area contributed by atoms with Crippen molar-refractivity contribution in [3.05, 3.63) is 48.9 Å². The minimum atomic E-state index is 0.0656. The van der Waals surface area contributed by atoms with Crippen LogP contribution in [0.1, 0.15) is 6.92 Å². The maximum absolute atomic E-state index is 6.16. The molecule has 4 rings (SSSR count). The van der Waals surface area contributed by atoms with Crippen molar-refractivity contribution < 1.29 is 9.47 Å². The van der Waals surface area contributed by atoms with Gasteiger partial charge in [0, 0.05) is 44.1 Å².